The van der Waals surface area contributed by atoms with Crippen LogP contribution in [0.4, 0.5) is 5.69 Å². The average Bonchev–Trinajstić information content (AvgIpc) is 2.41. The molecular weight excluding hydrogens is 212 g/mol. The van der Waals surface area contributed by atoms with Crippen molar-refractivity contribution in [3.8, 4) is 0 Å². The van der Waals surface area contributed by atoms with Crippen molar-refractivity contribution in [3.63, 3.8) is 0 Å². The average molecular weight is 230 g/mol. The minimum Gasteiger partial charge on any atom is -0.324 e. The smallest absolute Gasteiger partial charge is 0.224 e. The lowest BCUT2D eigenvalue weighted by atomic mass is 10.2. The van der Waals surface area contributed by atoms with Gasteiger partial charge >= 0.3 is 0 Å². The van der Waals surface area contributed by atoms with Gasteiger partial charge in [-0.2, -0.15) is 0 Å². The number of carbonyl (C=O) groups is 1. The molecule has 0 saturated heterocycles. The van der Waals surface area contributed by atoms with Crippen molar-refractivity contribution >= 4 is 22.5 Å². The van der Waals surface area contributed by atoms with Crippen LogP contribution in [0.3, 0.4) is 0 Å². The number of nitrogens with one attached hydrogen (secondary N) is 1. The third-order valence-electron chi connectivity index (χ3n) is 2.23. The highest BCUT2D eigenvalue weighted by Gasteiger charge is 2.03. The van der Waals surface area contributed by atoms with Crippen molar-refractivity contribution in [2.75, 3.05) is 5.32 Å². The van der Waals surface area contributed by atoms with Gasteiger partial charge in [0.25, 0.3) is 0 Å². The number of benzene rings is 1. The van der Waals surface area contributed by atoms with Gasteiger partial charge in [-0.3, -0.25) is 9.78 Å². The van der Waals surface area contributed by atoms with E-state index >= 15 is 0 Å². The van der Waals surface area contributed by atoms with Crippen LogP contribution in [0.2, 0.25) is 0 Å². The number of amides is 1. The second kappa shape index (κ2) is 6.63. The van der Waals surface area contributed by atoms with Crippen molar-refractivity contribution in [1.29, 1.82) is 0 Å². The normalized spacial score (nSPS) is 9.35. The molecule has 0 unspecified atom stereocenters. The Morgan fingerprint density at radius 1 is 1.24 bits per heavy atom. The van der Waals surface area contributed by atoms with Crippen molar-refractivity contribution in [1.82, 2.24) is 4.98 Å². The SMILES string of the molecule is CC.CCC(=O)Nc1cccc2cccnc12. The fraction of sp³-hybridized carbons (Fsp3) is 0.286. The van der Waals surface area contributed by atoms with E-state index in [2.05, 4.69) is 10.3 Å². The number of aromatic nitrogens is 1. The van der Waals surface area contributed by atoms with Gasteiger partial charge in [0.05, 0.1) is 11.2 Å². The van der Waals surface area contributed by atoms with E-state index < -0.39 is 0 Å². The van der Waals surface area contributed by atoms with Gasteiger partial charge in [-0.25, -0.2) is 0 Å². The van der Waals surface area contributed by atoms with Crippen LogP contribution >= 0.6 is 0 Å². The van der Waals surface area contributed by atoms with Crippen molar-refractivity contribution < 1.29 is 4.79 Å². The van der Waals surface area contributed by atoms with Crippen molar-refractivity contribution in [3.05, 3.63) is 36.5 Å². The molecule has 1 aromatic heterocycles. The van der Waals surface area contributed by atoms with Crippen LogP contribution in [0, 0.1) is 0 Å². The van der Waals surface area contributed by atoms with Crippen molar-refractivity contribution in [2.24, 2.45) is 0 Å². The molecule has 90 valence electrons. The lowest BCUT2D eigenvalue weighted by Crippen LogP contribution is -2.09. The molecule has 1 heterocycles. The molecule has 0 saturated carbocycles. The van der Waals surface area contributed by atoms with Crippen LogP contribution in [0.25, 0.3) is 10.9 Å². The third-order valence-corrected chi connectivity index (χ3v) is 2.23. The monoisotopic (exact) mass is 230 g/mol. The summed E-state index contributed by atoms with van der Waals surface area (Å²) in [5.74, 6) is 0.00755. The predicted molar refractivity (Wildman–Crippen MR) is 72.0 cm³/mol. The first-order valence-electron chi connectivity index (χ1n) is 5.95. The zero-order chi connectivity index (χ0) is 12.7. The van der Waals surface area contributed by atoms with Crippen LogP contribution in [0.5, 0.6) is 0 Å². The Labute approximate surface area is 102 Å². The Bertz CT molecular complexity index is 489. The lowest BCUT2D eigenvalue weighted by molar-refractivity contribution is -0.115. The standard InChI is InChI=1S/C12H12N2O.C2H6/c1-2-11(15)14-10-7-3-5-9-6-4-8-13-12(9)10;1-2/h3-8H,2H2,1H3,(H,14,15);1-2H3. The summed E-state index contributed by atoms with van der Waals surface area (Å²) in [4.78, 5) is 15.5. The molecule has 0 fully saturated rings. The molecule has 3 nitrogen and oxygen atoms in total. The molecule has 0 radical (unpaired) electrons. The topological polar surface area (TPSA) is 42.0 Å². The highest BCUT2D eigenvalue weighted by Crippen LogP contribution is 2.20. The first-order chi connectivity index (χ1) is 8.31. The highest BCUT2D eigenvalue weighted by atomic mass is 16.1. The molecule has 0 atom stereocenters. The van der Waals surface area contributed by atoms with E-state index in [-0.39, 0.29) is 5.91 Å². The number of nitrogens with zero attached hydrogens (tertiary/aromatic N) is 1. The molecule has 2 rings (SSSR count). The second-order valence-corrected chi connectivity index (χ2v) is 3.28. The molecule has 0 aliphatic carbocycles. The first kappa shape index (κ1) is 13.2. The van der Waals surface area contributed by atoms with Crippen LogP contribution in [0.1, 0.15) is 27.2 Å². The lowest BCUT2D eigenvalue weighted by Gasteiger charge is -2.06. The van der Waals surface area contributed by atoms with E-state index in [1.54, 1.807) is 6.20 Å². The van der Waals surface area contributed by atoms with E-state index in [1.807, 2.05) is 51.1 Å². The number of hydrogen-bond acceptors (Lipinski definition) is 2. The molecule has 0 aliphatic rings. The predicted octanol–water partition coefficient (Wildman–Crippen LogP) is 3.61. The van der Waals surface area contributed by atoms with Gasteiger partial charge in [0.2, 0.25) is 5.91 Å². The Morgan fingerprint density at radius 3 is 2.65 bits per heavy atom. The number of anilines is 1. The minimum atomic E-state index is 0.00755. The Hall–Kier alpha value is -1.90. The molecule has 0 bridgehead atoms. The zero-order valence-electron chi connectivity index (χ0n) is 10.5. The van der Waals surface area contributed by atoms with Gasteiger partial charge < -0.3 is 5.32 Å². The molecular formula is C14H18N2O. The van der Waals surface area contributed by atoms with E-state index in [1.165, 1.54) is 0 Å². The number of para-hydroxylation sites is 1. The number of fused-ring (bicyclic) bond motifs is 1. The number of pyridine rings is 1. The Balaban J connectivity index is 0.000000686. The quantitative estimate of drug-likeness (QED) is 0.856. The Morgan fingerprint density at radius 2 is 1.94 bits per heavy atom. The summed E-state index contributed by atoms with van der Waals surface area (Å²) in [7, 11) is 0. The summed E-state index contributed by atoms with van der Waals surface area (Å²) in [6.07, 6.45) is 2.20. The number of hydrogen-bond donors (Lipinski definition) is 1. The Kier molecular flexibility index (Phi) is 5.14. The van der Waals surface area contributed by atoms with E-state index in [4.69, 9.17) is 0 Å². The minimum absolute atomic E-state index is 0.00755. The summed E-state index contributed by atoms with van der Waals surface area (Å²) >= 11 is 0. The summed E-state index contributed by atoms with van der Waals surface area (Å²) in [6, 6.07) is 9.61. The summed E-state index contributed by atoms with van der Waals surface area (Å²) in [6.45, 7) is 5.83. The maximum Gasteiger partial charge on any atom is 0.224 e. The molecule has 0 spiro atoms. The number of carbonyl (C=O) groups excluding carboxylic acids is 1. The molecule has 2 aromatic rings. The van der Waals surface area contributed by atoms with Crippen LogP contribution in [-0.2, 0) is 4.79 Å². The van der Waals surface area contributed by atoms with Crippen molar-refractivity contribution in [2.45, 2.75) is 27.2 Å². The maximum absolute atomic E-state index is 11.3. The van der Waals surface area contributed by atoms with Gasteiger partial charge in [-0.05, 0) is 12.1 Å². The van der Waals surface area contributed by atoms with Crippen LogP contribution in [0.15, 0.2) is 36.5 Å². The molecule has 17 heavy (non-hydrogen) atoms. The van der Waals surface area contributed by atoms with Gasteiger partial charge in [0.15, 0.2) is 0 Å². The second-order valence-electron chi connectivity index (χ2n) is 3.28. The molecule has 3 heteroatoms. The molecule has 1 aromatic carbocycles. The zero-order valence-corrected chi connectivity index (χ0v) is 10.5. The number of rotatable bonds is 2. The third kappa shape index (κ3) is 3.28. The van der Waals surface area contributed by atoms with Gasteiger partial charge in [0.1, 0.15) is 0 Å². The fourth-order valence-electron chi connectivity index (χ4n) is 1.44. The molecule has 1 amide bonds. The highest BCUT2D eigenvalue weighted by molar-refractivity contribution is 5.99. The van der Waals surface area contributed by atoms with E-state index in [0.29, 0.717) is 6.42 Å². The van der Waals surface area contributed by atoms with Crippen LogP contribution < -0.4 is 5.32 Å². The fourth-order valence-corrected chi connectivity index (χ4v) is 1.44. The van der Waals surface area contributed by atoms with Gasteiger partial charge in [-0.1, -0.05) is 39.0 Å². The summed E-state index contributed by atoms with van der Waals surface area (Å²) < 4.78 is 0. The van der Waals surface area contributed by atoms with Gasteiger partial charge in [-0.15, -0.1) is 0 Å². The summed E-state index contributed by atoms with van der Waals surface area (Å²) in [5, 5.41) is 3.87. The summed E-state index contributed by atoms with van der Waals surface area (Å²) in [5.41, 5.74) is 1.61. The largest absolute Gasteiger partial charge is 0.324 e. The van der Waals surface area contributed by atoms with Gasteiger partial charge in [0, 0.05) is 18.0 Å². The molecule has 1 N–H and O–H groups in total. The van der Waals surface area contributed by atoms with E-state index in [9.17, 15) is 4.79 Å². The first-order valence-corrected chi connectivity index (χ1v) is 5.95. The van der Waals surface area contributed by atoms with Crippen LogP contribution in [-0.4, -0.2) is 10.9 Å². The molecule has 0 aliphatic heterocycles. The van der Waals surface area contributed by atoms with E-state index in [0.717, 1.165) is 16.6 Å². The maximum atomic E-state index is 11.3.